The number of β-lactam (4-membered cyclic amide) rings is 1. The molecule has 2 fully saturated rings. The average Bonchev–Trinajstić information content (AvgIpc) is 2.96. The number of nitrogens with one attached hydrogen (secondary N) is 2. The summed E-state index contributed by atoms with van der Waals surface area (Å²) in [6.07, 6.45) is 0. The Bertz CT molecular complexity index is 929. The highest BCUT2D eigenvalue weighted by molar-refractivity contribution is 8.01. The minimum atomic E-state index is -1.69. The number of hydrogen-bond donors (Lipinski definition) is 3. The fourth-order valence-corrected chi connectivity index (χ4v) is 5.60. The molecule has 0 saturated carbocycles. The number of thioether (sulfide) groups is 1. The number of carboxylic acids is 1. The van der Waals surface area contributed by atoms with Gasteiger partial charge in [-0.3, -0.25) is 9.59 Å². The van der Waals surface area contributed by atoms with Crippen molar-refractivity contribution in [3.8, 4) is 0 Å². The van der Waals surface area contributed by atoms with Gasteiger partial charge in [0, 0.05) is 4.75 Å². The van der Waals surface area contributed by atoms with Crippen molar-refractivity contribution < 1.29 is 24.2 Å². The first-order chi connectivity index (χ1) is 14.8. The molecular weight excluding hydrogens is 521 g/mol. The van der Waals surface area contributed by atoms with Crippen molar-refractivity contribution in [2.24, 2.45) is 0 Å². The molecule has 0 spiro atoms. The van der Waals surface area contributed by atoms with Gasteiger partial charge >= 0.3 is 5.97 Å². The van der Waals surface area contributed by atoms with Crippen LogP contribution in [-0.2, 0) is 19.1 Å². The van der Waals surface area contributed by atoms with Gasteiger partial charge in [-0.15, -0.1) is 11.8 Å². The molecule has 0 aromatic heterocycles. The van der Waals surface area contributed by atoms with Gasteiger partial charge in [0.15, 0.2) is 0 Å². The molecule has 2 aliphatic rings. The number of alkyl halides is 3. The first-order valence-electron chi connectivity index (χ1n) is 9.40. The zero-order valence-corrected chi connectivity index (χ0v) is 20.8. The van der Waals surface area contributed by atoms with E-state index in [9.17, 15) is 19.5 Å². The average molecular weight is 541 g/mol. The van der Waals surface area contributed by atoms with Crippen molar-refractivity contribution in [2.75, 3.05) is 6.61 Å². The molecule has 1 aromatic carbocycles. The number of halogens is 3. The Kier molecular flexibility index (Phi) is 7.41. The number of carbonyl (C=O) groups excluding carboxylic acids is 2. The topological polar surface area (TPSA) is 108 Å². The second kappa shape index (κ2) is 9.42. The Morgan fingerprint density at radius 3 is 2.50 bits per heavy atom. The van der Waals surface area contributed by atoms with Crippen molar-refractivity contribution in [1.29, 1.82) is 0 Å². The second-order valence-electron chi connectivity index (χ2n) is 7.76. The summed E-state index contributed by atoms with van der Waals surface area (Å²) in [5.41, 5.74) is 0.566. The van der Waals surface area contributed by atoms with Gasteiger partial charge in [0.2, 0.25) is 15.6 Å². The molecule has 13 heteroatoms. The van der Waals surface area contributed by atoms with Gasteiger partial charge in [0.1, 0.15) is 30.1 Å². The lowest BCUT2D eigenvalue weighted by Gasteiger charge is -2.44. The standard InChI is InChI=1S/C19H20Cl3N3O5S2/c1-18(2)12(16(28)29)25-14(27)11(15(25)32-18)23-13(26)10(9-6-4-3-5-7-9)24-17(31)30-8-19(20,21)22/h3-7,10-12,15H,8H2,1-2H3,(H,23,26)(H,24,31)(H,28,29)/t10-,11+,12-,15+/m0/s1. The molecule has 0 bridgehead atoms. The number of carboxylic acid groups (broad SMARTS) is 1. The van der Waals surface area contributed by atoms with E-state index < -0.39 is 49.8 Å². The van der Waals surface area contributed by atoms with Crippen molar-refractivity contribution in [3.63, 3.8) is 0 Å². The van der Waals surface area contributed by atoms with Gasteiger partial charge in [-0.2, -0.15) is 0 Å². The Morgan fingerprint density at radius 1 is 1.31 bits per heavy atom. The number of hydrogen-bond acceptors (Lipinski definition) is 6. The Labute approximate surface area is 209 Å². The lowest BCUT2D eigenvalue weighted by molar-refractivity contribution is -0.161. The number of amides is 2. The molecule has 2 amide bonds. The molecule has 2 aliphatic heterocycles. The number of rotatable bonds is 6. The minimum absolute atomic E-state index is 0.163. The fourth-order valence-electron chi connectivity index (χ4n) is 3.63. The van der Waals surface area contributed by atoms with Crippen molar-refractivity contribution in [2.45, 2.75) is 45.9 Å². The van der Waals surface area contributed by atoms with E-state index in [4.69, 9.17) is 51.8 Å². The summed E-state index contributed by atoms with van der Waals surface area (Å²) in [4.78, 5) is 38.8. The molecular formula is C19H20Cl3N3O5S2. The summed E-state index contributed by atoms with van der Waals surface area (Å²) in [7, 11) is 0. The van der Waals surface area contributed by atoms with E-state index in [0.717, 1.165) is 0 Å². The zero-order chi connectivity index (χ0) is 23.8. The highest BCUT2D eigenvalue weighted by Gasteiger charge is 2.64. The lowest BCUT2D eigenvalue weighted by atomic mass is 9.95. The molecule has 4 atom stereocenters. The van der Waals surface area contributed by atoms with Crippen LogP contribution in [0.4, 0.5) is 0 Å². The normalized spacial score (nSPS) is 24.7. The molecule has 0 aliphatic carbocycles. The van der Waals surface area contributed by atoms with Gasteiger partial charge in [-0.05, 0) is 31.6 Å². The quantitative estimate of drug-likeness (QED) is 0.287. The predicted molar refractivity (Wildman–Crippen MR) is 127 cm³/mol. The van der Waals surface area contributed by atoms with Gasteiger partial charge in [0.05, 0.1) is 0 Å². The Hall–Kier alpha value is -1.46. The third-order valence-corrected chi connectivity index (χ3v) is 7.13. The number of nitrogens with zero attached hydrogens (tertiary/aromatic N) is 1. The van der Waals surface area contributed by atoms with E-state index in [1.165, 1.54) is 16.7 Å². The number of thiocarbonyl (C=S) groups is 1. The summed E-state index contributed by atoms with van der Waals surface area (Å²) in [5, 5.41) is 14.4. The number of carbonyl (C=O) groups is 3. The Balaban J connectivity index is 1.73. The maximum atomic E-state index is 13.1. The third-order valence-electron chi connectivity index (χ3n) is 5.00. The lowest BCUT2D eigenvalue weighted by Crippen LogP contribution is -2.71. The van der Waals surface area contributed by atoms with E-state index in [2.05, 4.69) is 10.6 Å². The molecule has 3 rings (SSSR count). The van der Waals surface area contributed by atoms with Crippen LogP contribution in [0.2, 0.25) is 0 Å². The summed E-state index contributed by atoms with van der Waals surface area (Å²) in [6.45, 7) is 3.19. The van der Waals surface area contributed by atoms with Crippen molar-refractivity contribution >= 4 is 81.7 Å². The van der Waals surface area contributed by atoms with Crippen LogP contribution < -0.4 is 10.6 Å². The van der Waals surface area contributed by atoms with Crippen LogP contribution >= 0.6 is 58.8 Å². The molecule has 0 unspecified atom stereocenters. The summed E-state index contributed by atoms with van der Waals surface area (Å²) in [6, 6.07) is 5.86. The Morgan fingerprint density at radius 2 is 1.94 bits per heavy atom. The van der Waals surface area contributed by atoms with E-state index in [1.807, 2.05) is 0 Å². The molecule has 32 heavy (non-hydrogen) atoms. The summed E-state index contributed by atoms with van der Waals surface area (Å²) < 4.78 is 2.82. The zero-order valence-electron chi connectivity index (χ0n) is 16.9. The SMILES string of the molecule is CC1(C)S[C@@H]2[C@H](NC(=O)[C@@H](NC(=S)OCC(Cl)(Cl)Cl)c3ccccc3)C(=O)N2[C@H]1C(=O)O. The maximum absolute atomic E-state index is 13.1. The van der Waals surface area contributed by atoms with Gasteiger partial charge in [-0.25, -0.2) is 4.79 Å². The van der Waals surface area contributed by atoms with Crippen LogP contribution in [0.3, 0.4) is 0 Å². The largest absolute Gasteiger partial charge is 0.480 e. The smallest absolute Gasteiger partial charge is 0.327 e. The van der Waals surface area contributed by atoms with Crippen LogP contribution in [0.15, 0.2) is 30.3 Å². The van der Waals surface area contributed by atoms with E-state index in [1.54, 1.807) is 44.2 Å². The third kappa shape index (κ3) is 5.36. The number of aliphatic carboxylic acids is 1. The summed E-state index contributed by atoms with van der Waals surface area (Å²) in [5.74, 6) is -2.06. The highest BCUT2D eigenvalue weighted by Crippen LogP contribution is 2.50. The van der Waals surface area contributed by atoms with Gasteiger partial charge in [-0.1, -0.05) is 65.1 Å². The number of fused-ring (bicyclic) bond motifs is 1. The molecule has 1 aromatic rings. The molecule has 3 N–H and O–H groups in total. The van der Waals surface area contributed by atoms with Gasteiger partial charge in [0.25, 0.3) is 5.17 Å². The van der Waals surface area contributed by atoms with Crippen molar-refractivity contribution in [1.82, 2.24) is 15.5 Å². The monoisotopic (exact) mass is 539 g/mol. The van der Waals surface area contributed by atoms with Crippen LogP contribution in [0.1, 0.15) is 25.5 Å². The molecule has 2 heterocycles. The van der Waals surface area contributed by atoms with E-state index in [0.29, 0.717) is 5.56 Å². The van der Waals surface area contributed by atoms with Crippen LogP contribution in [0, 0.1) is 0 Å². The van der Waals surface area contributed by atoms with E-state index in [-0.39, 0.29) is 11.8 Å². The number of ether oxygens (including phenoxy) is 1. The van der Waals surface area contributed by atoms with E-state index >= 15 is 0 Å². The van der Waals surface area contributed by atoms with Crippen LogP contribution in [0.25, 0.3) is 0 Å². The fraction of sp³-hybridized carbons (Fsp3) is 0.474. The molecule has 174 valence electrons. The highest BCUT2D eigenvalue weighted by atomic mass is 35.6. The van der Waals surface area contributed by atoms with Crippen molar-refractivity contribution in [3.05, 3.63) is 35.9 Å². The van der Waals surface area contributed by atoms with Crippen LogP contribution in [-0.4, -0.2) is 65.6 Å². The first kappa shape index (κ1) is 25.2. The first-order valence-corrected chi connectivity index (χ1v) is 11.8. The summed E-state index contributed by atoms with van der Waals surface area (Å²) >= 11 is 23.4. The van der Waals surface area contributed by atoms with Crippen LogP contribution in [0.5, 0.6) is 0 Å². The minimum Gasteiger partial charge on any atom is -0.480 e. The molecule has 0 radical (unpaired) electrons. The molecule has 2 saturated heterocycles. The van der Waals surface area contributed by atoms with Gasteiger partial charge < -0.3 is 25.4 Å². The second-order valence-corrected chi connectivity index (χ2v) is 12.4. The predicted octanol–water partition coefficient (Wildman–Crippen LogP) is 2.62. The number of benzene rings is 1. The maximum Gasteiger partial charge on any atom is 0.327 e. The molecule has 8 nitrogen and oxygen atoms in total.